The van der Waals surface area contributed by atoms with Crippen molar-refractivity contribution in [1.29, 1.82) is 0 Å². The predicted octanol–water partition coefficient (Wildman–Crippen LogP) is 1.44. The second-order valence-electron chi connectivity index (χ2n) is 5.22. The average molecular weight is 217 g/mol. The summed E-state index contributed by atoms with van der Waals surface area (Å²) < 4.78 is 0. The van der Waals surface area contributed by atoms with Crippen LogP contribution in [-0.2, 0) is 0 Å². The first-order valence-corrected chi connectivity index (χ1v) is 6.19. The Kier molecular flexibility index (Phi) is 2.56. The summed E-state index contributed by atoms with van der Waals surface area (Å²) in [7, 11) is 0. The van der Waals surface area contributed by atoms with Crippen LogP contribution >= 0.6 is 0 Å². The number of nitrogens with zero attached hydrogens (tertiary/aromatic N) is 2. The van der Waals surface area contributed by atoms with E-state index in [1.807, 2.05) is 6.20 Å². The maximum Gasteiger partial charge on any atom is 0.128 e. The van der Waals surface area contributed by atoms with E-state index >= 15 is 0 Å². The highest BCUT2D eigenvalue weighted by Crippen LogP contribution is 2.28. The van der Waals surface area contributed by atoms with Gasteiger partial charge in [-0.3, -0.25) is 0 Å². The van der Waals surface area contributed by atoms with Crippen molar-refractivity contribution >= 4 is 5.82 Å². The predicted molar refractivity (Wildman–Crippen MR) is 65.7 cm³/mol. The van der Waals surface area contributed by atoms with Gasteiger partial charge in [-0.15, -0.1) is 0 Å². The van der Waals surface area contributed by atoms with Crippen molar-refractivity contribution in [3.05, 3.63) is 23.9 Å². The minimum absolute atomic E-state index is 0.898. The van der Waals surface area contributed by atoms with Gasteiger partial charge in [0.05, 0.1) is 0 Å². The summed E-state index contributed by atoms with van der Waals surface area (Å²) >= 11 is 0. The van der Waals surface area contributed by atoms with Crippen LogP contribution in [0.1, 0.15) is 12.0 Å². The smallest absolute Gasteiger partial charge is 0.128 e. The lowest BCUT2D eigenvalue weighted by Crippen LogP contribution is -2.51. The third kappa shape index (κ3) is 1.92. The molecule has 0 aliphatic carbocycles. The van der Waals surface area contributed by atoms with E-state index in [1.165, 1.54) is 38.2 Å². The van der Waals surface area contributed by atoms with Crippen LogP contribution in [0.3, 0.4) is 0 Å². The zero-order valence-corrected chi connectivity index (χ0v) is 9.82. The zero-order valence-electron chi connectivity index (χ0n) is 9.82. The molecular formula is C13H19N3. The molecule has 1 aromatic rings. The minimum atomic E-state index is 0.898. The van der Waals surface area contributed by atoms with Gasteiger partial charge in [-0.1, -0.05) is 6.07 Å². The molecule has 3 rings (SSSR count). The van der Waals surface area contributed by atoms with E-state index < -0.39 is 0 Å². The highest BCUT2D eigenvalue weighted by atomic mass is 15.2. The van der Waals surface area contributed by atoms with E-state index in [0.717, 1.165) is 17.7 Å². The lowest BCUT2D eigenvalue weighted by atomic mass is 9.86. The normalized spacial score (nSPS) is 21.7. The molecule has 0 unspecified atom stereocenters. The first kappa shape index (κ1) is 10.1. The summed E-state index contributed by atoms with van der Waals surface area (Å²) in [4.78, 5) is 6.85. The monoisotopic (exact) mass is 217 g/mol. The molecule has 1 aromatic heterocycles. The van der Waals surface area contributed by atoms with Crippen molar-refractivity contribution < 1.29 is 0 Å². The Balaban J connectivity index is 1.50. The number of hydrogen-bond donors (Lipinski definition) is 1. The van der Waals surface area contributed by atoms with Crippen molar-refractivity contribution in [2.24, 2.45) is 11.8 Å². The summed E-state index contributed by atoms with van der Waals surface area (Å²) in [5, 5.41) is 3.34. The van der Waals surface area contributed by atoms with Gasteiger partial charge in [0.1, 0.15) is 5.82 Å². The van der Waals surface area contributed by atoms with Crippen molar-refractivity contribution in [3.8, 4) is 0 Å². The van der Waals surface area contributed by atoms with E-state index in [1.54, 1.807) is 0 Å². The van der Waals surface area contributed by atoms with Crippen molar-refractivity contribution in [1.82, 2.24) is 10.3 Å². The Morgan fingerprint density at radius 2 is 2.12 bits per heavy atom. The van der Waals surface area contributed by atoms with E-state index in [-0.39, 0.29) is 0 Å². The van der Waals surface area contributed by atoms with Crippen LogP contribution in [0.25, 0.3) is 0 Å². The van der Waals surface area contributed by atoms with Gasteiger partial charge in [-0.05, 0) is 49.9 Å². The molecule has 0 saturated carbocycles. The van der Waals surface area contributed by atoms with Gasteiger partial charge in [-0.25, -0.2) is 4.98 Å². The lowest BCUT2D eigenvalue weighted by Gasteiger charge is -2.43. The summed E-state index contributed by atoms with van der Waals surface area (Å²) in [6.45, 7) is 6.96. The summed E-state index contributed by atoms with van der Waals surface area (Å²) in [6.07, 6.45) is 3.36. The Morgan fingerprint density at radius 1 is 1.31 bits per heavy atom. The van der Waals surface area contributed by atoms with Crippen LogP contribution in [0.4, 0.5) is 5.82 Å². The molecule has 0 atom stereocenters. The number of aryl methyl sites for hydroxylation is 1. The standard InChI is InChI=1S/C13H19N3/c1-10-2-3-13(15-5-10)16-8-12(9-16)4-11-6-14-7-11/h2-3,5,11-12,14H,4,6-9H2,1H3. The molecule has 2 aliphatic rings. The molecule has 3 heterocycles. The summed E-state index contributed by atoms with van der Waals surface area (Å²) in [6, 6.07) is 4.28. The molecule has 2 fully saturated rings. The van der Waals surface area contributed by atoms with Gasteiger partial charge in [0, 0.05) is 19.3 Å². The highest BCUT2D eigenvalue weighted by Gasteiger charge is 2.31. The molecule has 16 heavy (non-hydrogen) atoms. The first-order chi connectivity index (χ1) is 7.81. The number of nitrogens with one attached hydrogen (secondary N) is 1. The fourth-order valence-electron chi connectivity index (χ4n) is 2.54. The average Bonchev–Trinajstić information content (AvgIpc) is 2.15. The zero-order chi connectivity index (χ0) is 11.0. The molecule has 0 amide bonds. The summed E-state index contributed by atoms with van der Waals surface area (Å²) in [5.41, 5.74) is 1.24. The number of rotatable bonds is 3. The van der Waals surface area contributed by atoms with Gasteiger partial charge < -0.3 is 10.2 Å². The van der Waals surface area contributed by atoms with E-state index in [4.69, 9.17) is 0 Å². The third-order valence-corrected chi connectivity index (χ3v) is 3.71. The largest absolute Gasteiger partial charge is 0.356 e. The first-order valence-electron chi connectivity index (χ1n) is 6.19. The van der Waals surface area contributed by atoms with Crippen LogP contribution in [0, 0.1) is 18.8 Å². The molecule has 3 heteroatoms. The Bertz CT molecular complexity index is 350. The minimum Gasteiger partial charge on any atom is -0.356 e. The van der Waals surface area contributed by atoms with Crippen LogP contribution < -0.4 is 10.2 Å². The number of aromatic nitrogens is 1. The van der Waals surface area contributed by atoms with Gasteiger partial charge in [0.15, 0.2) is 0 Å². The van der Waals surface area contributed by atoms with E-state index in [2.05, 4.69) is 34.3 Å². The maximum atomic E-state index is 4.46. The van der Waals surface area contributed by atoms with E-state index in [0.29, 0.717) is 0 Å². The van der Waals surface area contributed by atoms with E-state index in [9.17, 15) is 0 Å². The molecule has 2 aliphatic heterocycles. The third-order valence-electron chi connectivity index (χ3n) is 3.71. The van der Waals surface area contributed by atoms with Gasteiger partial charge in [0.25, 0.3) is 0 Å². The number of anilines is 1. The highest BCUT2D eigenvalue weighted by molar-refractivity contribution is 5.42. The van der Waals surface area contributed by atoms with Crippen LogP contribution in [0.15, 0.2) is 18.3 Å². The molecule has 0 aromatic carbocycles. The molecule has 3 nitrogen and oxygen atoms in total. The Labute approximate surface area is 96.9 Å². The van der Waals surface area contributed by atoms with Gasteiger partial charge >= 0.3 is 0 Å². The SMILES string of the molecule is Cc1ccc(N2CC(CC3CNC3)C2)nc1. The molecule has 86 valence electrons. The van der Waals surface area contributed by atoms with Crippen LogP contribution in [0.2, 0.25) is 0 Å². The fourth-order valence-corrected chi connectivity index (χ4v) is 2.54. The Hall–Kier alpha value is -1.09. The second-order valence-corrected chi connectivity index (χ2v) is 5.22. The molecule has 1 N–H and O–H groups in total. The molecule has 0 radical (unpaired) electrons. The number of hydrogen-bond acceptors (Lipinski definition) is 3. The molecular weight excluding hydrogens is 198 g/mol. The van der Waals surface area contributed by atoms with Crippen molar-refractivity contribution in [2.75, 3.05) is 31.1 Å². The molecule has 2 saturated heterocycles. The second kappa shape index (κ2) is 4.06. The van der Waals surface area contributed by atoms with Crippen molar-refractivity contribution in [2.45, 2.75) is 13.3 Å². The van der Waals surface area contributed by atoms with Crippen LogP contribution in [0.5, 0.6) is 0 Å². The van der Waals surface area contributed by atoms with Gasteiger partial charge in [-0.2, -0.15) is 0 Å². The fraction of sp³-hybridized carbons (Fsp3) is 0.615. The maximum absolute atomic E-state index is 4.46. The molecule has 0 bridgehead atoms. The number of pyridine rings is 1. The van der Waals surface area contributed by atoms with Crippen LogP contribution in [-0.4, -0.2) is 31.2 Å². The van der Waals surface area contributed by atoms with Crippen molar-refractivity contribution in [3.63, 3.8) is 0 Å². The summed E-state index contributed by atoms with van der Waals surface area (Å²) in [5.74, 6) is 2.99. The lowest BCUT2D eigenvalue weighted by molar-refractivity contribution is 0.247. The Morgan fingerprint density at radius 3 is 2.69 bits per heavy atom. The van der Waals surface area contributed by atoms with Gasteiger partial charge in [0.2, 0.25) is 0 Å². The quantitative estimate of drug-likeness (QED) is 0.830. The topological polar surface area (TPSA) is 28.2 Å². The molecule has 0 spiro atoms.